The number of carbonyl (C=O) groups is 3. The summed E-state index contributed by atoms with van der Waals surface area (Å²) < 4.78 is 33.2. The highest BCUT2D eigenvalue weighted by Crippen LogP contribution is 2.15. The molecule has 178 valence electrons. The fraction of sp³-hybridized carbons (Fsp3) is 0.318. The molecule has 0 aromatic heterocycles. The molecule has 0 fully saturated rings. The van der Waals surface area contributed by atoms with Gasteiger partial charge in [0.15, 0.2) is 6.61 Å². The molecule has 0 aliphatic heterocycles. The van der Waals surface area contributed by atoms with Gasteiger partial charge in [0.1, 0.15) is 11.8 Å². The zero-order valence-corrected chi connectivity index (χ0v) is 19.3. The molecule has 2 aromatic carbocycles. The number of hydrogen-bond donors (Lipinski definition) is 3. The van der Waals surface area contributed by atoms with Crippen molar-refractivity contribution >= 4 is 33.5 Å². The van der Waals surface area contributed by atoms with E-state index in [9.17, 15) is 22.8 Å². The van der Waals surface area contributed by atoms with E-state index < -0.39 is 40.5 Å². The van der Waals surface area contributed by atoms with E-state index >= 15 is 0 Å². The molecule has 0 aliphatic carbocycles. The average Bonchev–Trinajstić information content (AvgIpc) is 2.76. The molecule has 1 atom stereocenters. The number of carbonyl (C=O) groups excluding carboxylic acids is 3. The Balaban J connectivity index is 1.95. The van der Waals surface area contributed by atoms with Crippen molar-refractivity contribution in [1.29, 1.82) is 0 Å². The summed E-state index contributed by atoms with van der Waals surface area (Å²) in [5.74, 6) is -1.63. The van der Waals surface area contributed by atoms with Crippen molar-refractivity contribution in [2.45, 2.75) is 31.7 Å². The number of sulfonamides is 1. The van der Waals surface area contributed by atoms with Crippen LogP contribution >= 0.6 is 0 Å². The van der Waals surface area contributed by atoms with E-state index in [1.54, 1.807) is 38.1 Å². The van der Waals surface area contributed by atoms with E-state index in [1.165, 1.54) is 24.3 Å². The minimum Gasteiger partial charge on any atom is -0.494 e. The number of amides is 2. The van der Waals surface area contributed by atoms with Gasteiger partial charge in [-0.3, -0.25) is 9.59 Å². The lowest BCUT2D eigenvalue weighted by Crippen LogP contribution is -2.45. The van der Waals surface area contributed by atoms with Crippen molar-refractivity contribution in [3.05, 3.63) is 54.1 Å². The Bertz CT molecular complexity index is 1100. The lowest BCUT2D eigenvalue weighted by Gasteiger charge is -2.21. The van der Waals surface area contributed by atoms with E-state index in [0.29, 0.717) is 17.9 Å². The lowest BCUT2D eigenvalue weighted by atomic mass is 10.0. The first kappa shape index (κ1) is 25.8. The highest BCUT2D eigenvalue weighted by molar-refractivity contribution is 7.89. The number of nitrogens with two attached hydrogens (primary N) is 1. The fourth-order valence-corrected chi connectivity index (χ4v) is 3.33. The highest BCUT2D eigenvalue weighted by Gasteiger charge is 2.27. The zero-order chi connectivity index (χ0) is 24.6. The number of esters is 1. The van der Waals surface area contributed by atoms with Crippen LogP contribution in [-0.4, -0.2) is 45.5 Å². The lowest BCUT2D eigenvalue weighted by molar-refractivity contribution is -0.150. The number of rotatable bonds is 10. The van der Waals surface area contributed by atoms with Crippen molar-refractivity contribution in [2.24, 2.45) is 11.1 Å². The van der Waals surface area contributed by atoms with Crippen LogP contribution in [0, 0.1) is 5.92 Å². The number of nitrogens with one attached hydrogen (secondary N) is 2. The van der Waals surface area contributed by atoms with E-state index in [0.717, 1.165) is 0 Å². The zero-order valence-electron chi connectivity index (χ0n) is 18.5. The van der Waals surface area contributed by atoms with Crippen LogP contribution in [0.5, 0.6) is 5.75 Å². The third kappa shape index (κ3) is 7.88. The summed E-state index contributed by atoms with van der Waals surface area (Å²) in [4.78, 5) is 37.0. The molecule has 2 aromatic rings. The van der Waals surface area contributed by atoms with Gasteiger partial charge in [-0.2, -0.15) is 0 Å². The molecule has 0 aliphatic rings. The molecule has 2 amide bonds. The third-order valence-corrected chi connectivity index (χ3v) is 5.34. The van der Waals surface area contributed by atoms with Crippen LogP contribution in [0.3, 0.4) is 0 Å². The SMILES string of the molecule is CCOc1ccc(C(=O)N[C@H](C(=O)OCC(=O)Nc2cccc(S(N)(=O)=O)c2)C(C)C)cc1. The number of benzene rings is 2. The molecule has 0 saturated heterocycles. The maximum Gasteiger partial charge on any atom is 0.329 e. The van der Waals surface area contributed by atoms with Crippen LogP contribution in [-0.2, 0) is 24.3 Å². The largest absolute Gasteiger partial charge is 0.494 e. The van der Waals surface area contributed by atoms with E-state index in [4.69, 9.17) is 14.6 Å². The van der Waals surface area contributed by atoms with Crippen LogP contribution in [0.4, 0.5) is 5.69 Å². The molecule has 0 radical (unpaired) electrons. The normalized spacial score (nSPS) is 12.0. The van der Waals surface area contributed by atoms with E-state index in [2.05, 4.69) is 10.6 Å². The fourth-order valence-electron chi connectivity index (χ4n) is 2.77. The Labute approximate surface area is 192 Å². The van der Waals surface area contributed by atoms with Crippen molar-refractivity contribution in [3.63, 3.8) is 0 Å². The smallest absolute Gasteiger partial charge is 0.329 e. The summed E-state index contributed by atoms with van der Waals surface area (Å²) in [6.45, 7) is 5.17. The van der Waals surface area contributed by atoms with Gasteiger partial charge in [0.2, 0.25) is 10.0 Å². The molecule has 4 N–H and O–H groups in total. The third-order valence-electron chi connectivity index (χ3n) is 4.43. The number of hydrogen-bond acceptors (Lipinski definition) is 7. The molecular formula is C22H27N3O7S. The topological polar surface area (TPSA) is 154 Å². The van der Waals surface area contributed by atoms with Gasteiger partial charge in [-0.1, -0.05) is 19.9 Å². The molecule has 10 nitrogen and oxygen atoms in total. The van der Waals surface area contributed by atoms with Crippen LogP contribution in [0.25, 0.3) is 0 Å². The van der Waals surface area contributed by atoms with Crippen LogP contribution in [0.1, 0.15) is 31.1 Å². The van der Waals surface area contributed by atoms with Crippen LogP contribution < -0.4 is 20.5 Å². The standard InChI is InChI=1S/C22H27N3O7S/c1-4-31-17-10-8-15(9-11-17)21(27)25-20(14(2)3)22(28)32-13-19(26)24-16-6-5-7-18(12-16)33(23,29)30/h5-12,14,20H,4,13H2,1-3H3,(H,24,26)(H,25,27)(H2,23,29,30)/t20-/m0/s1. The molecular weight excluding hydrogens is 450 g/mol. The maximum absolute atomic E-state index is 12.5. The predicted octanol–water partition coefficient (Wildman–Crippen LogP) is 1.67. The number of primary sulfonamides is 1. The molecule has 0 heterocycles. The Kier molecular flexibility index (Phi) is 8.94. The van der Waals surface area contributed by atoms with E-state index in [-0.39, 0.29) is 16.5 Å². The van der Waals surface area contributed by atoms with Gasteiger partial charge >= 0.3 is 5.97 Å². The van der Waals surface area contributed by atoms with Gasteiger partial charge in [-0.05, 0) is 55.3 Å². The summed E-state index contributed by atoms with van der Waals surface area (Å²) in [6, 6.07) is 10.8. The van der Waals surface area contributed by atoms with Crippen LogP contribution in [0.2, 0.25) is 0 Å². The summed E-state index contributed by atoms with van der Waals surface area (Å²) in [5.41, 5.74) is 0.510. The predicted molar refractivity (Wildman–Crippen MR) is 121 cm³/mol. The minimum absolute atomic E-state index is 0.172. The molecule has 0 saturated carbocycles. The van der Waals surface area contributed by atoms with Crippen molar-refractivity contribution in [3.8, 4) is 5.75 Å². The second kappa shape index (κ2) is 11.4. The Morgan fingerprint density at radius 1 is 1.06 bits per heavy atom. The quantitative estimate of drug-likeness (QED) is 0.440. The van der Waals surface area contributed by atoms with Crippen molar-refractivity contribution in [1.82, 2.24) is 5.32 Å². The van der Waals surface area contributed by atoms with Crippen LogP contribution in [0.15, 0.2) is 53.4 Å². The Hall–Kier alpha value is -3.44. The summed E-state index contributed by atoms with van der Waals surface area (Å²) in [5, 5.41) is 10.1. The summed E-state index contributed by atoms with van der Waals surface area (Å²) >= 11 is 0. The first-order valence-electron chi connectivity index (χ1n) is 10.1. The molecule has 33 heavy (non-hydrogen) atoms. The molecule has 0 spiro atoms. The average molecular weight is 478 g/mol. The molecule has 0 unspecified atom stereocenters. The molecule has 0 bridgehead atoms. The summed E-state index contributed by atoms with van der Waals surface area (Å²) in [6.07, 6.45) is 0. The second-order valence-corrected chi connectivity index (χ2v) is 8.94. The van der Waals surface area contributed by atoms with E-state index in [1.807, 2.05) is 6.92 Å². The van der Waals surface area contributed by atoms with Gasteiger partial charge in [0.25, 0.3) is 11.8 Å². The second-order valence-electron chi connectivity index (χ2n) is 7.38. The molecule has 2 rings (SSSR count). The molecule has 11 heteroatoms. The minimum atomic E-state index is -3.93. The number of anilines is 1. The maximum atomic E-state index is 12.5. The van der Waals surface area contributed by atoms with Gasteiger partial charge in [-0.15, -0.1) is 0 Å². The first-order valence-corrected chi connectivity index (χ1v) is 11.7. The van der Waals surface area contributed by atoms with Gasteiger partial charge in [0.05, 0.1) is 11.5 Å². The summed E-state index contributed by atoms with van der Waals surface area (Å²) in [7, 11) is -3.93. The Morgan fingerprint density at radius 3 is 2.30 bits per heavy atom. The van der Waals surface area contributed by atoms with Gasteiger partial charge in [-0.25, -0.2) is 18.4 Å². The van der Waals surface area contributed by atoms with Crippen molar-refractivity contribution < 1.29 is 32.3 Å². The monoisotopic (exact) mass is 477 g/mol. The van der Waals surface area contributed by atoms with Gasteiger partial charge < -0.3 is 20.1 Å². The Morgan fingerprint density at radius 2 is 1.73 bits per heavy atom. The highest BCUT2D eigenvalue weighted by atomic mass is 32.2. The number of ether oxygens (including phenoxy) is 2. The first-order chi connectivity index (χ1) is 15.5. The van der Waals surface area contributed by atoms with Crippen molar-refractivity contribution in [2.75, 3.05) is 18.5 Å². The van der Waals surface area contributed by atoms with Gasteiger partial charge in [0, 0.05) is 11.3 Å².